The molecule has 1 saturated heterocycles. The minimum Gasteiger partial charge on any atom is -0.352 e. The van der Waals surface area contributed by atoms with Crippen LogP contribution in [0.15, 0.2) is 24.3 Å². The highest BCUT2D eigenvalue weighted by atomic mass is 16.6. The van der Waals surface area contributed by atoms with E-state index in [2.05, 4.69) is 10.6 Å². The standard InChI is InChI=1S/C13H17N3O3/c17-13(15-11-4-2-6-14-9-11)8-10-3-1-5-12(7-10)16(18)19/h1,3,5,7,11,14H,2,4,6,8-9H2,(H,15,17)/t11-/m1/s1. The Morgan fingerprint density at radius 1 is 1.53 bits per heavy atom. The van der Waals surface area contributed by atoms with Crippen molar-refractivity contribution in [2.24, 2.45) is 0 Å². The molecule has 0 unspecified atom stereocenters. The van der Waals surface area contributed by atoms with E-state index in [1.807, 2.05) is 0 Å². The van der Waals surface area contributed by atoms with E-state index >= 15 is 0 Å². The molecule has 1 amide bonds. The molecule has 1 aliphatic rings. The summed E-state index contributed by atoms with van der Waals surface area (Å²) in [5.41, 5.74) is 0.681. The van der Waals surface area contributed by atoms with E-state index in [1.165, 1.54) is 12.1 Å². The second-order valence-electron chi connectivity index (χ2n) is 4.71. The zero-order valence-electron chi connectivity index (χ0n) is 10.6. The van der Waals surface area contributed by atoms with Gasteiger partial charge in [0, 0.05) is 24.7 Å². The lowest BCUT2D eigenvalue weighted by Gasteiger charge is -2.23. The molecule has 0 bridgehead atoms. The van der Waals surface area contributed by atoms with E-state index in [4.69, 9.17) is 0 Å². The quantitative estimate of drug-likeness (QED) is 0.627. The first-order valence-corrected chi connectivity index (χ1v) is 6.38. The maximum atomic E-state index is 11.9. The van der Waals surface area contributed by atoms with Crippen LogP contribution >= 0.6 is 0 Å². The summed E-state index contributed by atoms with van der Waals surface area (Å²) in [6, 6.07) is 6.36. The molecule has 1 aromatic rings. The summed E-state index contributed by atoms with van der Waals surface area (Å²) in [5, 5.41) is 16.8. The molecule has 2 N–H and O–H groups in total. The highest BCUT2D eigenvalue weighted by Crippen LogP contribution is 2.13. The zero-order chi connectivity index (χ0) is 13.7. The zero-order valence-corrected chi connectivity index (χ0v) is 10.6. The molecule has 1 aliphatic heterocycles. The third-order valence-corrected chi connectivity index (χ3v) is 3.15. The molecule has 1 fully saturated rings. The first kappa shape index (κ1) is 13.5. The van der Waals surface area contributed by atoms with Crippen LogP contribution in [0.4, 0.5) is 5.69 Å². The molecule has 19 heavy (non-hydrogen) atoms. The number of amides is 1. The van der Waals surface area contributed by atoms with Crippen LogP contribution in [-0.2, 0) is 11.2 Å². The van der Waals surface area contributed by atoms with Crippen molar-refractivity contribution >= 4 is 11.6 Å². The number of carbonyl (C=O) groups excluding carboxylic acids is 1. The van der Waals surface area contributed by atoms with Crippen LogP contribution in [0.5, 0.6) is 0 Å². The van der Waals surface area contributed by atoms with Gasteiger partial charge in [0.05, 0.1) is 11.3 Å². The minimum absolute atomic E-state index is 0.0182. The molecule has 0 saturated carbocycles. The van der Waals surface area contributed by atoms with Crippen molar-refractivity contribution in [3.05, 3.63) is 39.9 Å². The van der Waals surface area contributed by atoms with Gasteiger partial charge >= 0.3 is 0 Å². The van der Waals surface area contributed by atoms with Crippen LogP contribution in [0.2, 0.25) is 0 Å². The minimum atomic E-state index is -0.452. The number of non-ortho nitro benzene ring substituents is 1. The number of nitrogens with one attached hydrogen (secondary N) is 2. The molecule has 0 aliphatic carbocycles. The van der Waals surface area contributed by atoms with Gasteiger partial charge in [0.15, 0.2) is 0 Å². The molecule has 0 radical (unpaired) electrons. The summed E-state index contributed by atoms with van der Waals surface area (Å²) in [7, 11) is 0. The predicted molar refractivity (Wildman–Crippen MR) is 70.8 cm³/mol. The third-order valence-electron chi connectivity index (χ3n) is 3.15. The van der Waals surface area contributed by atoms with Crippen LogP contribution in [0.25, 0.3) is 0 Å². The van der Waals surface area contributed by atoms with Gasteiger partial charge in [-0.05, 0) is 24.9 Å². The molecular formula is C13H17N3O3. The summed E-state index contributed by atoms with van der Waals surface area (Å²) >= 11 is 0. The van der Waals surface area contributed by atoms with Crippen molar-refractivity contribution in [1.82, 2.24) is 10.6 Å². The molecular weight excluding hydrogens is 246 g/mol. The van der Waals surface area contributed by atoms with Crippen molar-refractivity contribution in [2.45, 2.75) is 25.3 Å². The molecule has 2 rings (SSSR count). The number of carbonyl (C=O) groups is 1. The Morgan fingerprint density at radius 3 is 3.05 bits per heavy atom. The topological polar surface area (TPSA) is 84.3 Å². The van der Waals surface area contributed by atoms with Gasteiger partial charge in [-0.2, -0.15) is 0 Å². The largest absolute Gasteiger partial charge is 0.352 e. The molecule has 1 atom stereocenters. The lowest BCUT2D eigenvalue weighted by molar-refractivity contribution is -0.384. The van der Waals surface area contributed by atoms with Gasteiger partial charge in [-0.3, -0.25) is 14.9 Å². The fourth-order valence-corrected chi connectivity index (χ4v) is 2.22. The second-order valence-corrected chi connectivity index (χ2v) is 4.71. The molecule has 1 heterocycles. The summed E-state index contributed by atoms with van der Waals surface area (Å²) in [5.74, 6) is -0.0887. The molecule has 0 aromatic heterocycles. The molecule has 0 spiro atoms. The maximum absolute atomic E-state index is 11.9. The maximum Gasteiger partial charge on any atom is 0.269 e. The predicted octanol–water partition coefficient (Wildman–Crippen LogP) is 1.01. The highest BCUT2D eigenvalue weighted by molar-refractivity contribution is 5.79. The number of hydrogen-bond donors (Lipinski definition) is 2. The van der Waals surface area contributed by atoms with Crippen molar-refractivity contribution in [1.29, 1.82) is 0 Å². The van der Waals surface area contributed by atoms with Gasteiger partial charge in [0.2, 0.25) is 5.91 Å². The van der Waals surface area contributed by atoms with Crippen LogP contribution in [0.3, 0.4) is 0 Å². The number of nitro benzene ring substituents is 1. The van der Waals surface area contributed by atoms with Gasteiger partial charge in [-0.25, -0.2) is 0 Å². The van der Waals surface area contributed by atoms with Gasteiger partial charge in [-0.1, -0.05) is 12.1 Å². The van der Waals surface area contributed by atoms with Gasteiger partial charge < -0.3 is 10.6 Å². The summed E-state index contributed by atoms with van der Waals surface area (Å²) in [6.07, 6.45) is 2.22. The molecule has 6 nitrogen and oxygen atoms in total. The summed E-state index contributed by atoms with van der Waals surface area (Å²) in [4.78, 5) is 22.1. The van der Waals surface area contributed by atoms with Crippen LogP contribution in [-0.4, -0.2) is 30.0 Å². The van der Waals surface area contributed by atoms with Crippen molar-refractivity contribution < 1.29 is 9.72 Å². The number of rotatable bonds is 4. The number of piperidine rings is 1. The number of hydrogen-bond acceptors (Lipinski definition) is 4. The Kier molecular flexibility index (Phi) is 4.46. The van der Waals surface area contributed by atoms with E-state index in [0.717, 1.165) is 25.9 Å². The normalized spacial score (nSPS) is 18.8. The lowest BCUT2D eigenvalue weighted by Crippen LogP contribution is -2.46. The third kappa shape index (κ3) is 4.03. The van der Waals surface area contributed by atoms with Crippen molar-refractivity contribution in [3.63, 3.8) is 0 Å². The van der Waals surface area contributed by atoms with E-state index in [-0.39, 0.29) is 24.1 Å². The molecule has 1 aromatic carbocycles. The van der Waals surface area contributed by atoms with Crippen LogP contribution in [0.1, 0.15) is 18.4 Å². The SMILES string of the molecule is O=C(Cc1cccc([N+](=O)[O-])c1)N[C@@H]1CCCNC1. The Morgan fingerprint density at radius 2 is 2.37 bits per heavy atom. The second kappa shape index (κ2) is 6.29. The summed E-state index contributed by atoms with van der Waals surface area (Å²) < 4.78 is 0. The smallest absolute Gasteiger partial charge is 0.269 e. The highest BCUT2D eigenvalue weighted by Gasteiger charge is 2.16. The van der Waals surface area contributed by atoms with Gasteiger partial charge in [0.1, 0.15) is 0 Å². The Hall–Kier alpha value is -1.95. The first-order chi connectivity index (χ1) is 9.15. The summed E-state index contributed by atoms with van der Waals surface area (Å²) in [6.45, 7) is 1.79. The fourth-order valence-electron chi connectivity index (χ4n) is 2.22. The van der Waals surface area contributed by atoms with E-state index in [9.17, 15) is 14.9 Å². The Balaban J connectivity index is 1.90. The van der Waals surface area contributed by atoms with E-state index < -0.39 is 4.92 Å². The number of benzene rings is 1. The van der Waals surface area contributed by atoms with Gasteiger partial charge in [-0.15, -0.1) is 0 Å². The first-order valence-electron chi connectivity index (χ1n) is 6.38. The number of nitro groups is 1. The van der Waals surface area contributed by atoms with Crippen molar-refractivity contribution in [3.8, 4) is 0 Å². The van der Waals surface area contributed by atoms with Gasteiger partial charge in [0.25, 0.3) is 5.69 Å². The van der Waals surface area contributed by atoms with Crippen LogP contribution < -0.4 is 10.6 Å². The Bertz CT molecular complexity index is 470. The molecule has 102 valence electrons. The average molecular weight is 263 g/mol. The Labute approximate surface area is 111 Å². The van der Waals surface area contributed by atoms with Crippen LogP contribution in [0, 0.1) is 10.1 Å². The monoisotopic (exact) mass is 263 g/mol. The lowest BCUT2D eigenvalue weighted by atomic mass is 10.1. The number of nitrogens with zero attached hydrogens (tertiary/aromatic N) is 1. The average Bonchev–Trinajstić information content (AvgIpc) is 2.40. The van der Waals surface area contributed by atoms with Crippen molar-refractivity contribution in [2.75, 3.05) is 13.1 Å². The fraction of sp³-hybridized carbons (Fsp3) is 0.462. The molecule has 6 heteroatoms. The van der Waals surface area contributed by atoms with E-state index in [0.29, 0.717) is 5.56 Å². The van der Waals surface area contributed by atoms with E-state index in [1.54, 1.807) is 12.1 Å².